The Kier molecular flexibility index (Phi) is 7.33. The molecule has 1 unspecified atom stereocenters. The lowest BCUT2D eigenvalue weighted by atomic mass is 9.87. The third-order valence-electron chi connectivity index (χ3n) is 4.62. The first-order valence-corrected chi connectivity index (χ1v) is 8.11. The van der Waals surface area contributed by atoms with Gasteiger partial charge >= 0.3 is 0 Å². The predicted octanol–water partition coefficient (Wildman–Crippen LogP) is 2.56. The third kappa shape index (κ3) is 6.24. The molecule has 3 nitrogen and oxygen atoms in total. The smallest absolute Gasteiger partial charge is 0.0223 e. The van der Waals surface area contributed by atoms with E-state index in [0.29, 0.717) is 5.41 Å². The molecule has 1 fully saturated rings. The van der Waals surface area contributed by atoms with Crippen molar-refractivity contribution in [1.82, 2.24) is 9.80 Å². The summed E-state index contributed by atoms with van der Waals surface area (Å²) in [5.41, 5.74) is 6.09. The van der Waals surface area contributed by atoms with Crippen LogP contribution in [0.3, 0.4) is 0 Å². The molecular formula is C16H35N3. The van der Waals surface area contributed by atoms with Gasteiger partial charge in [-0.3, -0.25) is 4.90 Å². The predicted molar refractivity (Wildman–Crippen MR) is 84.5 cm³/mol. The normalized spacial score (nSPS) is 21.5. The minimum absolute atomic E-state index is 0.322. The van der Waals surface area contributed by atoms with Crippen LogP contribution in [0.4, 0.5) is 0 Å². The molecule has 0 aromatic heterocycles. The summed E-state index contributed by atoms with van der Waals surface area (Å²) in [4.78, 5) is 5.15. The number of likely N-dealkylation sites (N-methyl/N-ethyl adjacent to an activating group) is 2. The Morgan fingerprint density at radius 3 is 2.68 bits per heavy atom. The Balaban J connectivity index is 2.12. The van der Waals surface area contributed by atoms with Crippen molar-refractivity contribution >= 4 is 0 Å². The number of rotatable bonds is 9. The van der Waals surface area contributed by atoms with Crippen molar-refractivity contribution in [2.24, 2.45) is 11.1 Å². The SMILES string of the molecule is CCN1CCCC1CN(C)CCCCC(C)(C)CN. The molecule has 1 aliphatic heterocycles. The number of likely N-dealkylation sites (tertiary alicyclic amines) is 1. The minimum atomic E-state index is 0.322. The first-order chi connectivity index (χ1) is 8.98. The number of hydrogen-bond donors (Lipinski definition) is 1. The lowest BCUT2D eigenvalue weighted by molar-refractivity contribution is 0.195. The van der Waals surface area contributed by atoms with Crippen molar-refractivity contribution in [3.05, 3.63) is 0 Å². The quantitative estimate of drug-likeness (QED) is 0.653. The molecule has 0 amide bonds. The van der Waals surface area contributed by atoms with Gasteiger partial charge in [0.25, 0.3) is 0 Å². The number of nitrogens with zero attached hydrogens (tertiary/aromatic N) is 2. The van der Waals surface area contributed by atoms with E-state index in [1.807, 2.05) is 0 Å². The molecule has 1 atom stereocenters. The van der Waals surface area contributed by atoms with Gasteiger partial charge < -0.3 is 10.6 Å². The second-order valence-corrected chi connectivity index (χ2v) is 7.01. The molecule has 0 aromatic rings. The lowest BCUT2D eigenvalue weighted by Crippen LogP contribution is -2.39. The maximum atomic E-state index is 5.77. The van der Waals surface area contributed by atoms with Crippen LogP contribution in [0.5, 0.6) is 0 Å². The van der Waals surface area contributed by atoms with E-state index in [1.54, 1.807) is 0 Å². The highest BCUT2D eigenvalue weighted by atomic mass is 15.2. The average molecular weight is 269 g/mol. The summed E-state index contributed by atoms with van der Waals surface area (Å²) in [5, 5.41) is 0. The molecule has 0 aromatic carbocycles. The summed E-state index contributed by atoms with van der Waals surface area (Å²) in [6.45, 7) is 12.6. The summed E-state index contributed by atoms with van der Waals surface area (Å²) in [6.07, 6.45) is 6.63. The van der Waals surface area contributed by atoms with Gasteiger partial charge in [-0.15, -0.1) is 0 Å². The van der Waals surface area contributed by atoms with Gasteiger partial charge in [0.15, 0.2) is 0 Å². The van der Waals surface area contributed by atoms with Gasteiger partial charge in [-0.2, -0.15) is 0 Å². The van der Waals surface area contributed by atoms with Crippen LogP contribution in [0.1, 0.15) is 52.9 Å². The fourth-order valence-corrected chi connectivity index (χ4v) is 3.06. The maximum Gasteiger partial charge on any atom is 0.0223 e. The van der Waals surface area contributed by atoms with Crippen LogP contribution in [0.2, 0.25) is 0 Å². The molecule has 0 spiro atoms. The van der Waals surface area contributed by atoms with Crippen molar-refractivity contribution in [3.63, 3.8) is 0 Å². The standard InChI is InChI=1S/C16H35N3/c1-5-19-12-8-9-15(19)13-18(4)11-7-6-10-16(2,3)14-17/h15H,5-14,17H2,1-4H3. The third-order valence-corrected chi connectivity index (χ3v) is 4.62. The highest BCUT2D eigenvalue weighted by Crippen LogP contribution is 2.21. The largest absolute Gasteiger partial charge is 0.330 e. The van der Waals surface area contributed by atoms with Crippen LogP contribution in [0.15, 0.2) is 0 Å². The molecule has 114 valence electrons. The fraction of sp³-hybridized carbons (Fsp3) is 1.00. The summed E-state index contributed by atoms with van der Waals surface area (Å²) in [5.74, 6) is 0. The second kappa shape index (κ2) is 8.23. The Morgan fingerprint density at radius 1 is 1.32 bits per heavy atom. The van der Waals surface area contributed by atoms with Crippen LogP contribution in [0.25, 0.3) is 0 Å². The maximum absolute atomic E-state index is 5.77. The molecule has 0 saturated carbocycles. The van der Waals surface area contributed by atoms with Crippen molar-refractivity contribution < 1.29 is 0 Å². The van der Waals surface area contributed by atoms with Gasteiger partial charge in [0.2, 0.25) is 0 Å². The minimum Gasteiger partial charge on any atom is -0.330 e. The van der Waals surface area contributed by atoms with E-state index in [1.165, 1.54) is 58.3 Å². The molecule has 1 saturated heterocycles. The molecule has 1 rings (SSSR count). The molecule has 1 aliphatic rings. The number of nitrogens with two attached hydrogens (primary N) is 1. The van der Waals surface area contributed by atoms with Gasteiger partial charge in [0.1, 0.15) is 0 Å². The second-order valence-electron chi connectivity index (χ2n) is 7.01. The lowest BCUT2D eigenvalue weighted by Gasteiger charge is -2.28. The summed E-state index contributed by atoms with van der Waals surface area (Å²) in [7, 11) is 2.28. The molecular weight excluding hydrogens is 234 g/mol. The van der Waals surface area contributed by atoms with Gasteiger partial charge in [0.05, 0.1) is 0 Å². The van der Waals surface area contributed by atoms with Crippen LogP contribution >= 0.6 is 0 Å². The van der Waals surface area contributed by atoms with Crippen LogP contribution in [-0.2, 0) is 0 Å². The Morgan fingerprint density at radius 2 is 2.05 bits per heavy atom. The van der Waals surface area contributed by atoms with Gasteiger partial charge in [-0.05, 0) is 64.3 Å². The van der Waals surface area contributed by atoms with Gasteiger partial charge in [-0.1, -0.05) is 27.2 Å². The molecule has 1 heterocycles. The number of hydrogen-bond acceptors (Lipinski definition) is 3. The Hall–Kier alpha value is -0.120. The van der Waals surface area contributed by atoms with E-state index in [9.17, 15) is 0 Å². The van der Waals surface area contributed by atoms with E-state index in [2.05, 4.69) is 37.6 Å². The monoisotopic (exact) mass is 269 g/mol. The summed E-state index contributed by atoms with van der Waals surface area (Å²) >= 11 is 0. The molecule has 2 N–H and O–H groups in total. The fourth-order valence-electron chi connectivity index (χ4n) is 3.06. The zero-order valence-corrected chi connectivity index (χ0v) is 13.6. The van der Waals surface area contributed by atoms with Crippen molar-refractivity contribution in [3.8, 4) is 0 Å². The van der Waals surface area contributed by atoms with Crippen LogP contribution < -0.4 is 5.73 Å². The van der Waals surface area contributed by atoms with Gasteiger partial charge in [0, 0.05) is 12.6 Å². The molecule has 0 aliphatic carbocycles. The Bertz CT molecular complexity index is 240. The summed E-state index contributed by atoms with van der Waals surface area (Å²) < 4.78 is 0. The first-order valence-electron chi connectivity index (χ1n) is 8.11. The van der Waals surface area contributed by atoms with Gasteiger partial charge in [-0.25, -0.2) is 0 Å². The van der Waals surface area contributed by atoms with E-state index in [4.69, 9.17) is 5.73 Å². The summed E-state index contributed by atoms with van der Waals surface area (Å²) in [6, 6.07) is 0.801. The van der Waals surface area contributed by atoms with E-state index >= 15 is 0 Å². The zero-order chi connectivity index (χ0) is 14.3. The van der Waals surface area contributed by atoms with Crippen molar-refractivity contribution in [2.75, 3.05) is 39.8 Å². The Labute approximate surface area is 120 Å². The zero-order valence-electron chi connectivity index (χ0n) is 13.6. The van der Waals surface area contributed by atoms with Crippen molar-refractivity contribution in [1.29, 1.82) is 0 Å². The van der Waals surface area contributed by atoms with Crippen LogP contribution in [0, 0.1) is 5.41 Å². The topological polar surface area (TPSA) is 32.5 Å². The molecule has 0 radical (unpaired) electrons. The molecule has 0 bridgehead atoms. The molecule has 3 heteroatoms. The average Bonchev–Trinajstić information content (AvgIpc) is 2.82. The number of unbranched alkanes of at least 4 members (excludes halogenated alkanes) is 1. The van der Waals surface area contributed by atoms with Crippen molar-refractivity contribution in [2.45, 2.75) is 58.9 Å². The van der Waals surface area contributed by atoms with E-state index in [0.717, 1.165) is 12.6 Å². The molecule has 19 heavy (non-hydrogen) atoms. The van der Waals surface area contributed by atoms with E-state index < -0.39 is 0 Å². The highest BCUT2D eigenvalue weighted by molar-refractivity contribution is 4.80. The van der Waals surface area contributed by atoms with E-state index in [-0.39, 0.29) is 0 Å². The van der Waals surface area contributed by atoms with Crippen LogP contribution in [-0.4, -0.2) is 55.6 Å². The first kappa shape index (κ1) is 16.9. The highest BCUT2D eigenvalue weighted by Gasteiger charge is 2.23.